The molecule has 172 valence electrons. The summed E-state index contributed by atoms with van der Waals surface area (Å²) in [6, 6.07) is 1.24. The number of hydrogen-bond donors (Lipinski definition) is 0. The van der Waals surface area contributed by atoms with Crippen LogP contribution in [0.1, 0.15) is 23.5 Å². The van der Waals surface area contributed by atoms with Crippen LogP contribution >= 0.6 is 23.2 Å². The highest BCUT2D eigenvalue weighted by atomic mass is 35.5. The smallest absolute Gasteiger partial charge is 0.353 e. The zero-order chi connectivity index (χ0) is 23.9. The fourth-order valence-electron chi connectivity index (χ4n) is 3.36. The van der Waals surface area contributed by atoms with E-state index in [-0.39, 0.29) is 40.0 Å². The predicted molar refractivity (Wildman–Crippen MR) is 118 cm³/mol. The normalized spacial score (nSPS) is 11.3. The van der Waals surface area contributed by atoms with E-state index >= 15 is 0 Å². The van der Waals surface area contributed by atoms with Gasteiger partial charge in [0.15, 0.2) is 10.8 Å². The van der Waals surface area contributed by atoms with Crippen LogP contribution in [0.15, 0.2) is 12.3 Å². The lowest BCUT2D eigenvalue weighted by Crippen LogP contribution is -2.08. The van der Waals surface area contributed by atoms with Crippen molar-refractivity contribution in [2.45, 2.75) is 33.7 Å². The standard InChI is InChI=1S/C19H17Cl2FN8O3/c1-9-13(22)7-14(10(2)24-9)29-11(3)15(30(31)32)18(27-29)33-6-4-5-28-17-12(16(20)26-28)8-23-19(21)25-17/h7-8H,4-6H2,1-3H3. The third kappa shape index (κ3) is 4.31. The van der Waals surface area contributed by atoms with Crippen molar-refractivity contribution >= 4 is 39.9 Å². The molecule has 0 saturated carbocycles. The summed E-state index contributed by atoms with van der Waals surface area (Å²) in [5.74, 6) is -0.712. The van der Waals surface area contributed by atoms with Crippen molar-refractivity contribution in [3.63, 3.8) is 0 Å². The maximum absolute atomic E-state index is 14.1. The van der Waals surface area contributed by atoms with Gasteiger partial charge in [-0.05, 0) is 32.4 Å². The molecule has 0 unspecified atom stereocenters. The molecule has 0 atom stereocenters. The van der Waals surface area contributed by atoms with Gasteiger partial charge in [0.2, 0.25) is 5.28 Å². The highest BCUT2D eigenvalue weighted by molar-refractivity contribution is 6.34. The van der Waals surface area contributed by atoms with Crippen LogP contribution in [-0.4, -0.2) is 46.0 Å². The van der Waals surface area contributed by atoms with Crippen molar-refractivity contribution in [1.82, 2.24) is 34.5 Å². The summed E-state index contributed by atoms with van der Waals surface area (Å²) in [5, 5.41) is 20.9. The molecule has 0 aliphatic heterocycles. The quantitative estimate of drug-likeness (QED) is 0.162. The minimum Gasteiger partial charge on any atom is -0.472 e. The highest BCUT2D eigenvalue weighted by Gasteiger charge is 2.28. The second-order valence-electron chi connectivity index (χ2n) is 7.16. The molecular formula is C19H17Cl2FN8O3. The van der Waals surface area contributed by atoms with Crippen molar-refractivity contribution in [2.24, 2.45) is 0 Å². The van der Waals surface area contributed by atoms with Gasteiger partial charge in [-0.15, -0.1) is 5.10 Å². The summed E-state index contributed by atoms with van der Waals surface area (Å²) in [5.41, 5.74) is 1.36. The average molecular weight is 495 g/mol. The van der Waals surface area contributed by atoms with E-state index in [1.54, 1.807) is 11.6 Å². The van der Waals surface area contributed by atoms with E-state index in [1.165, 1.54) is 30.8 Å². The maximum Gasteiger partial charge on any atom is 0.353 e. The molecule has 0 aromatic carbocycles. The van der Waals surface area contributed by atoms with E-state index in [4.69, 9.17) is 27.9 Å². The molecule has 0 saturated heterocycles. The minimum absolute atomic E-state index is 0.0607. The average Bonchev–Trinajstić information content (AvgIpc) is 3.24. The molecule has 33 heavy (non-hydrogen) atoms. The van der Waals surface area contributed by atoms with Crippen molar-refractivity contribution in [2.75, 3.05) is 6.61 Å². The molecule has 4 aromatic heterocycles. The molecule has 0 fully saturated rings. The van der Waals surface area contributed by atoms with Crippen LogP contribution in [0.5, 0.6) is 5.88 Å². The van der Waals surface area contributed by atoms with Crippen LogP contribution in [0, 0.1) is 36.7 Å². The minimum atomic E-state index is -0.582. The summed E-state index contributed by atoms with van der Waals surface area (Å²) >= 11 is 12.0. The molecule has 0 spiro atoms. The van der Waals surface area contributed by atoms with Crippen molar-refractivity contribution in [3.8, 4) is 11.6 Å². The Morgan fingerprint density at radius 1 is 1.18 bits per heavy atom. The summed E-state index contributed by atoms with van der Waals surface area (Å²) in [6.07, 6.45) is 1.90. The zero-order valence-electron chi connectivity index (χ0n) is 17.7. The number of nitro groups is 1. The number of hydrogen-bond acceptors (Lipinski definition) is 8. The number of fused-ring (bicyclic) bond motifs is 1. The molecule has 4 aromatic rings. The third-order valence-corrected chi connectivity index (χ3v) is 5.41. The number of nitrogens with zero attached hydrogens (tertiary/aromatic N) is 8. The monoisotopic (exact) mass is 494 g/mol. The lowest BCUT2D eigenvalue weighted by Gasteiger charge is -2.08. The number of halogens is 3. The molecular weight excluding hydrogens is 478 g/mol. The van der Waals surface area contributed by atoms with E-state index < -0.39 is 10.7 Å². The Balaban J connectivity index is 1.54. The summed E-state index contributed by atoms with van der Waals surface area (Å²) in [4.78, 5) is 23.2. The van der Waals surface area contributed by atoms with Gasteiger partial charge in [-0.3, -0.25) is 15.1 Å². The Hall–Kier alpha value is -3.38. The van der Waals surface area contributed by atoms with Gasteiger partial charge in [-0.25, -0.2) is 18.7 Å². The van der Waals surface area contributed by atoms with Gasteiger partial charge < -0.3 is 4.74 Å². The van der Waals surface area contributed by atoms with Gasteiger partial charge in [-0.1, -0.05) is 11.6 Å². The number of aromatic nitrogens is 7. The lowest BCUT2D eigenvalue weighted by molar-refractivity contribution is -0.386. The number of pyridine rings is 1. The molecule has 0 amide bonds. The molecule has 11 nitrogen and oxygen atoms in total. The van der Waals surface area contributed by atoms with Crippen LogP contribution < -0.4 is 4.74 Å². The fourth-order valence-corrected chi connectivity index (χ4v) is 3.71. The SMILES string of the molecule is Cc1nc(C)c(-n2nc(OCCCn3nc(Cl)c4cnc(Cl)nc43)c([N+](=O)[O-])c2C)cc1F. The van der Waals surface area contributed by atoms with Gasteiger partial charge in [-0.2, -0.15) is 10.1 Å². The first kappa shape index (κ1) is 22.8. The Morgan fingerprint density at radius 3 is 2.67 bits per heavy atom. The number of aryl methyl sites for hydroxylation is 3. The summed E-state index contributed by atoms with van der Waals surface area (Å²) in [7, 11) is 0. The number of ether oxygens (including phenoxy) is 1. The predicted octanol–water partition coefficient (Wildman–Crippen LogP) is 4.16. The van der Waals surface area contributed by atoms with Gasteiger partial charge in [0.1, 0.15) is 11.5 Å². The van der Waals surface area contributed by atoms with E-state index in [9.17, 15) is 14.5 Å². The zero-order valence-corrected chi connectivity index (χ0v) is 19.2. The Morgan fingerprint density at radius 2 is 1.94 bits per heavy atom. The second-order valence-corrected chi connectivity index (χ2v) is 7.86. The van der Waals surface area contributed by atoms with Crippen LogP contribution in [0.4, 0.5) is 10.1 Å². The van der Waals surface area contributed by atoms with Gasteiger partial charge >= 0.3 is 11.6 Å². The van der Waals surface area contributed by atoms with Crippen LogP contribution in [0.2, 0.25) is 10.4 Å². The van der Waals surface area contributed by atoms with Crippen LogP contribution in [0.25, 0.3) is 16.7 Å². The molecule has 14 heteroatoms. The van der Waals surface area contributed by atoms with Crippen molar-refractivity contribution in [1.29, 1.82) is 0 Å². The third-order valence-electron chi connectivity index (χ3n) is 4.95. The Bertz CT molecular complexity index is 1390. The van der Waals surface area contributed by atoms with Crippen LogP contribution in [-0.2, 0) is 6.54 Å². The first-order valence-corrected chi connectivity index (χ1v) is 10.5. The van der Waals surface area contributed by atoms with Gasteiger partial charge in [0.05, 0.1) is 34.0 Å². The van der Waals surface area contributed by atoms with Crippen LogP contribution in [0.3, 0.4) is 0 Å². The van der Waals surface area contributed by atoms with Crippen molar-refractivity contribution < 1.29 is 14.1 Å². The molecule has 0 bridgehead atoms. The molecule has 0 aliphatic rings. The summed E-state index contributed by atoms with van der Waals surface area (Å²) in [6.45, 7) is 5.17. The van der Waals surface area contributed by atoms with E-state index in [0.29, 0.717) is 35.4 Å². The molecule has 4 heterocycles. The van der Waals surface area contributed by atoms with E-state index in [1.807, 2.05) is 0 Å². The topological polar surface area (TPSA) is 127 Å². The first-order valence-electron chi connectivity index (χ1n) is 9.73. The van der Waals surface area contributed by atoms with Gasteiger partial charge in [0.25, 0.3) is 0 Å². The molecule has 0 N–H and O–H groups in total. The second kappa shape index (κ2) is 8.87. The lowest BCUT2D eigenvalue weighted by atomic mass is 10.2. The first-order chi connectivity index (χ1) is 15.7. The Labute approximate surface area is 196 Å². The largest absolute Gasteiger partial charge is 0.472 e. The number of rotatable bonds is 7. The summed E-state index contributed by atoms with van der Waals surface area (Å²) < 4.78 is 22.5. The highest BCUT2D eigenvalue weighted by Crippen LogP contribution is 2.32. The molecule has 0 aliphatic carbocycles. The Kier molecular flexibility index (Phi) is 6.13. The molecule has 0 radical (unpaired) electrons. The maximum atomic E-state index is 14.1. The van der Waals surface area contributed by atoms with E-state index in [0.717, 1.165) is 0 Å². The van der Waals surface area contributed by atoms with E-state index in [2.05, 4.69) is 25.1 Å². The molecule has 4 rings (SSSR count). The van der Waals surface area contributed by atoms with Gasteiger partial charge in [0, 0.05) is 25.2 Å². The fraction of sp³-hybridized carbons (Fsp3) is 0.316. The van der Waals surface area contributed by atoms with Crippen molar-refractivity contribution in [3.05, 3.63) is 55.7 Å².